The van der Waals surface area contributed by atoms with Gasteiger partial charge in [0.1, 0.15) is 5.75 Å². The van der Waals surface area contributed by atoms with Crippen LogP contribution in [0.25, 0.3) is 11.1 Å². The summed E-state index contributed by atoms with van der Waals surface area (Å²) in [4.78, 5) is 11.1. The van der Waals surface area contributed by atoms with Gasteiger partial charge in [0.25, 0.3) is 0 Å². The van der Waals surface area contributed by atoms with Crippen molar-refractivity contribution in [2.24, 2.45) is 5.73 Å². The fourth-order valence-electron chi connectivity index (χ4n) is 3.08. The first-order valence-corrected chi connectivity index (χ1v) is 9.04. The number of hydrogen-bond acceptors (Lipinski definition) is 3. The first-order chi connectivity index (χ1) is 13.2. The van der Waals surface area contributed by atoms with E-state index >= 15 is 0 Å². The maximum atomic E-state index is 11.1. The molecule has 0 aliphatic carbocycles. The van der Waals surface area contributed by atoms with Crippen LogP contribution in [0.4, 0.5) is 5.69 Å². The highest BCUT2D eigenvalue weighted by molar-refractivity contribution is 5.88. The Kier molecular flexibility index (Phi) is 6.23. The average Bonchev–Trinajstić information content (AvgIpc) is 2.69. The van der Waals surface area contributed by atoms with Gasteiger partial charge >= 0.3 is 0 Å². The molecule has 3 aromatic carbocycles. The Morgan fingerprint density at radius 1 is 0.889 bits per heavy atom. The lowest BCUT2D eigenvalue weighted by molar-refractivity contribution is -0.114. The smallest absolute Gasteiger partial charge is 0.221 e. The first-order valence-electron chi connectivity index (χ1n) is 9.04. The molecular weight excluding hydrogens is 336 g/mol. The van der Waals surface area contributed by atoms with Crippen molar-refractivity contribution in [3.05, 3.63) is 83.9 Å². The summed E-state index contributed by atoms with van der Waals surface area (Å²) in [6.45, 7) is 2.58. The molecule has 0 fully saturated rings. The maximum absolute atomic E-state index is 11.1. The third-order valence-electron chi connectivity index (χ3n) is 4.36. The topological polar surface area (TPSA) is 64.3 Å². The third kappa shape index (κ3) is 4.96. The predicted molar refractivity (Wildman–Crippen MR) is 110 cm³/mol. The monoisotopic (exact) mass is 360 g/mol. The van der Waals surface area contributed by atoms with Crippen molar-refractivity contribution in [1.29, 1.82) is 0 Å². The van der Waals surface area contributed by atoms with E-state index in [1.807, 2.05) is 48.5 Å². The van der Waals surface area contributed by atoms with Gasteiger partial charge in [-0.2, -0.15) is 0 Å². The number of ether oxygens (including phenoxy) is 1. The van der Waals surface area contributed by atoms with Gasteiger partial charge in [-0.05, 0) is 46.5 Å². The van der Waals surface area contributed by atoms with Crippen molar-refractivity contribution in [1.82, 2.24) is 0 Å². The fourth-order valence-corrected chi connectivity index (χ4v) is 3.08. The molecule has 0 aliphatic heterocycles. The first kappa shape index (κ1) is 18.7. The van der Waals surface area contributed by atoms with E-state index < -0.39 is 0 Å². The van der Waals surface area contributed by atoms with E-state index in [-0.39, 0.29) is 5.91 Å². The highest BCUT2D eigenvalue weighted by atomic mass is 16.5. The van der Waals surface area contributed by atoms with Crippen LogP contribution in [0.15, 0.2) is 72.8 Å². The van der Waals surface area contributed by atoms with Crippen LogP contribution in [0.1, 0.15) is 18.1 Å². The Labute approximate surface area is 160 Å². The van der Waals surface area contributed by atoms with Gasteiger partial charge in [-0.15, -0.1) is 0 Å². The number of rotatable bonds is 7. The summed E-state index contributed by atoms with van der Waals surface area (Å²) in [6, 6.07) is 24.0. The van der Waals surface area contributed by atoms with E-state index in [9.17, 15) is 4.79 Å². The Balaban J connectivity index is 1.68. The van der Waals surface area contributed by atoms with Crippen LogP contribution in [0.5, 0.6) is 5.75 Å². The zero-order valence-corrected chi connectivity index (χ0v) is 15.4. The van der Waals surface area contributed by atoms with Crippen molar-refractivity contribution >= 4 is 11.6 Å². The molecule has 0 heterocycles. The number of carbonyl (C=O) groups excluding carboxylic acids is 1. The quantitative estimate of drug-likeness (QED) is 0.657. The molecule has 0 atom stereocenters. The number of nitrogens with two attached hydrogens (primary N) is 1. The van der Waals surface area contributed by atoms with Gasteiger partial charge in [0.15, 0.2) is 0 Å². The Morgan fingerprint density at radius 2 is 1.48 bits per heavy atom. The van der Waals surface area contributed by atoms with E-state index in [2.05, 4.69) is 29.6 Å². The predicted octanol–water partition coefficient (Wildman–Crippen LogP) is 4.39. The number of amides is 1. The van der Waals surface area contributed by atoms with Crippen LogP contribution >= 0.6 is 0 Å². The second-order valence-electron chi connectivity index (χ2n) is 6.32. The molecule has 27 heavy (non-hydrogen) atoms. The van der Waals surface area contributed by atoms with Crippen LogP contribution in [-0.4, -0.2) is 12.5 Å². The lowest BCUT2D eigenvalue weighted by Gasteiger charge is -2.14. The van der Waals surface area contributed by atoms with E-state index in [1.165, 1.54) is 23.6 Å². The maximum Gasteiger partial charge on any atom is 0.221 e. The van der Waals surface area contributed by atoms with E-state index in [0.29, 0.717) is 13.2 Å². The molecule has 0 radical (unpaired) electrons. The Morgan fingerprint density at radius 3 is 2.11 bits per heavy atom. The second kappa shape index (κ2) is 9.01. The van der Waals surface area contributed by atoms with Gasteiger partial charge in [-0.3, -0.25) is 4.79 Å². The molecule has 1 amide bonds. The summed E-state index contributed by atoms with van der Waals surface area (Å²) < 4.78 is 5.88. The van der Waals surface area contributed by atoms with Gasteiger partial charge in [-0.1, -0.05) is 48.5 Å². The van der Waals surface area contributed by atoms with Crippen LogP contribution in [-0.2, 0) is 17.8 Å². The molecule has 0 aliphatic rings. The van der Waals surface area contributed by atoms with Gasteiger partial charge < -0.3 is 15.8 Å². The summed E-state index contributed by atoms with van der Waals surface area (Å²) in [7, 11) is 0. The highest BCUT2D eigenvalue weighted by Gasteiger charge is 2.08. The largest absolute Gasteiger partial charge is 0.493 e. The van der Waals surface area contributed by atoms with Crippen molar-refractivity contribution in [3.8, 4) is 16.9 Å². The summed E-state index contributed by atoms with van der Waals surface area (Å²) in [5, 5.41) is 2.75. The molecule has 0 saturated heterocycles. The van der Waals surface area contributed by atoms with Crippen molar-refractivity contribution < 1.29 is 9.53 Å². The zero-order chi connectivity index (χ0) is 19.1. The van der Waals surface area contributed by atoms with Gasteiger partial charge in [0, 0.05) is 25.6 Å². The average molecular weight is 360 g/mol. The zero-order valence-electron chi connectivity index (χ0n) is 15.4. The van der Waals surface area contributed by atoms with E-state index in [0.717, 1.165) is 23.4 Å². The van der Waals surface area contributed by atoms with Crippen LogP contribution in [0, 0.1) is 0 Å². The summed E-state index contributed by atoms with van der Waals surface area (Å²) in [5.41, 5.74) is 11.4. The molecule has 3 N–H and O–H groups in total. The van der Waals surface area contributed by atoms with E-state index in [1.54, 1.807) is 0 Å². The molecule has 0 unspecified atom stereocenters. The number of nitrogens with one attached hydrogen (secondary N) is 1. The minimum Gasteiger partial charge on any atom is -0.493 e. The van der Waals surface area contributed by atoms with Gasteiger partial charge in [0.05, 0.1) is 6.61 Å². The lowest BCUT2D eigenvalue weighted by atomic mass is 9.94. The number of carbonyl (C=O) groups is 1. The molecule has 4 nitrogen and oxygen atoms in total. The molecule has 3 rings (SSSR count). The Hall–Kier alpha value is -3.11. The van der Waals surface area contributed by atoms with Crippen LogP contribution in [0.2, 0.25) is 0 Å². The molecule has 138 valence electrons. The fraction of sp³-hybridized carbons (Fsp3) is 0.174. The van der Waals surface area contributed by atoms with Gasteiger partial charge in [0.2, 0.25) is 5.91 Å². The molecule has 0 saturated carbocycles. The number of benzene rings is 3. The minimum absolute atomic E-state index is 0.0852. The minimum atomic E-state index is -0.0852. The van der Waals surface area contributed by atoms with Crippen molar-refractivity contribution in [2.75, 3.05) is 11.9 Å². The highest BCUT2D eigenvalue weighted by Crippen LogP contribution is 2.27. The molecular formula is C23H24N2O2. The molecule has 0 aromatic heterocycles. The van der Waals surface area contributed by atoms with Crippen molar-refractivity contribution in [2.45, 2.75) is 19.9 Å². The lowest BCUT2D eigenvalue weighted by Crippen LogP contribution is -2.06. The second-order valence-corrected chi connectivity index (χ2v) is 6.32. The van der Waals surface area contributed by atoms with Gasteiger partial charge in [-0.25, -0.2) is 0 Å². The summed E-state index contributed by atoms with van der Waals surface area (Å²) in [6.07, 6.45) is 0.794. The molecule has 0 spiro atoms. The van der Waals surface area contributed by atoms with Crippen LogP contribution < -0.4 is 15.8 Å². The Bertz CT molecular complexity index is 904. The SMILES string of the molecule is CC(=O)Nc1ccc(OCCc2ccccc2-c2ccccc2CN)cc1. The van der Waals surface area contributed by atoms with Crippen molar-refractivity contribution in [3.63, 3.8) is 0 Å². The normalized spacial score (nSPS) is 10.4. The number of hydrogen-bond donors (Lipinski definition) is 2. The molecule has 0 bridgehead atoms. The number of anilines is 1. The summed E-state index contributed by atoms with van der Waals surface area (Å²) in [5.74, 6) is 0.696. The van der Waals surface area contributed by atoms with Crippen LogP contribution in [0.3, 0.4) is 0 Å². The molecule has 3 aromatic rings. The molecule has 4 heteroatoms. The third-order valence-corrected chi connectivity index (χ3v) is 4.36. The summed E-state index contributed by atoms with van der Waals surface area (Å²) >= 11 is 0. The van der Waals surface area contributed by atoms with E-state index in [4.69, 9.17) is 10.5 Å². The standard InChI is InChI=1S/C23H24N2O2/c1-17(26)25-20-10-12-21(13-11-20)27-15-14-18-6-2-4-8-22(18)23-9-5-3-7-19(23)16-24/h2-13H,14-16,24H2,1H3,(H,25,26).